The third-order valence-corrected chi connectivity index (χ3v) is 7.89. The van der Waals surface area contributed by atoms with E-state index in [1.807, 2.05) is 0 Å². The molecule has 0 aromatic carbocycles. The molecule has 3 heteroatoms. The Morgan fingerprint density at radius 2 is 0.371 bits per heavy atom. The summed E-state index contributed by atoms with van der Waals surface area (Å²) in [7, 11) is 0. The fourth-order valence-electron chi connectivity index (χ4n) is 5.29. The number of nitrogens with zero attached hydrogens (tertiary/aromatic N) is 2. The summed E-state index contributed by atoms with van der Waals surface area (Å²) in [5.41, 5.74) is 0. The van der Waals surface area contributed by atoms with Gasteiger partial charge in [-0.15, -0.1) is 0 Å². The number of hydrogen-bond donors (Lipinski definition) is 0. The number of quaternary nitrogens is 2. The minimum Gasteiger partial charge on any atom is -2.00 e. The Morgan fingerprint density at radius 1 is 0.257 bits per heavy atom. The van der Waals surface area contributed by atoms with E-state index in [0.29, 0.717) is 0 Å². The molecule has 0 aliphatic heterocycles. The van der Waals surface area contributed by atoms with Crippen LogP contribution in [-0.2, 0) is 13.5 Å². The van der Waals surface area contributed by atoms with Crippen LogP contribution in [0.4, 0.5) is 0 Å². The molecule has 0 aliphatic carbocycles. The highest BCUT2D eigenvalue weighted by Crippen LogP contribution is 2.17. The van der Waals surface area contributed by atoms with E-state index in [9.17, 15) is 0 Å². The highest BCUT2D eigenvalue weighted by molar-refractivity contribution is 7.37. The molecule has 0 saturated heterocycles. The molecule has 0 radical (unpaired) electrons. The third kappa shape index (κ3) is 22.0. The van der Waals surface area contributed by atoms with Gasteiger partial charge in [-0.05, 0) is 51.4 Å². The van der Waals surface area contributed by atoms with Crippen LogP contribution in [0, 0.1) is 0 Å². The van der Waals surface area contributed by atoms with Crippen LogP contribution in [0.5, 0.6) is 0 Å². The standard InChI is InChI=1S/2C16H36N.S/c2*1-5-9-13-17(14-10-6-2,15-11-7-3)16-12-8-4;/h2*5-16H2,1-4H3;/q2*+1;-2. The lowest BCUT2D eigenvalue weighted by Crippen LogP contribution is -2.50. The summed E-state index contributed by atoms with van der Waals surface area (Å²) in [4.78, 5) is 0. The number of rotatable bonds is 24. The molecule has 0 atom stereocenters. The van der Waals surface area contributed by atoms with Gasteiger partial charge in [0.15, 0.2) is 0 Å². The first-order valence-electron chi connectivity index (χ1n) is 16.2. The largest absolute Gasteiger partial charge is 2.00 e. The lowest BCUT2D eigenvalue weighted by molar-refractivity contribution is -0.929. The molecule has 0 heterocycles. The zero-order valence-electron chi connectivity index (χ0n) is 26.3. The zero-order valence-corrected chi connectivity index (χ0v) is 27.1. The fourth-order valence-corrected chi connectivity index (χ4v) is 5.29. The summed E-state index contributed by atoms with van der Waals surface area (Å²) in [6, 6.07) is 0. The van der Waals surface area contributed by atoms with Crippen molar-refractivity contribution < 1.29 is 8.97 Å². The molecule has 2 nitrogen and oxygen atoms in total. The molecule has 35 heavy (non-hydrogen) atoms. The SMILES string of the molecule is CCCC[N+](CCCC)(CCCC)CCCC.CCCC[N+](CCCC)(CCCC)CCCC.[S-2]. The highest BCUT2D eigenvalue weighted by atomic mass is 32.1. The average molecular weight is 517 g/mol. The summed E-state index contributed by atoms with van der Waals surface area (Å²) < 4.78 is 2.84. The van der Waals surface area contributed by atoms with Crippen LogP contribution in [-0.4, -0.2) is 61.3 Å². The van der Waals surface area contributed by atoms with Crippen molar-refractivity contribution in [2.24, 2.45) is 0 Å². The van der Waals surface area contributed by atoms with E-state index >= 15 is 0 Å². The van der Waals surface area contributed by atoms with E-state index in [1.165, 1.54) is 164 Å². The van der Waals surface area contributed by atoms with Crippen molar-refractivity contribution in [2.75, 3.05) is 52.4 Å². The molecule has 0 spiro atoms. The normalized spacial score (nSPS) is 11.7. The molecule has 0 aromatic heterocycles. The van der Waals surface area contributed by atoms with Gasteiger partial charge in [0.05, 0.1) is 52.4 Å². The van der Waals surface area contributed by atoms with Crippen LogP contribution in [0.25, 0.3) is 0 Å². The van der Waals surface area contributed by atoms with Gasteiger partial charge in [0.2, 0.25) is 0 Å². The molecule has 0 amide bonds. The molecular weight excluding hydrogens is 444 g/mol. The van der Waals surface area contributed by atoms with Gasteiger partial charge in [-0.1, -0.05) is 107 Å². The average Bonchev–Trinajstić information content (AvgIpc) is 2.87. The Kier molecular flexibility index (Phi) is 32.8. The van der Waals surface area contributed by atoms with E-state index in [0.717, 1.165) is 0 Å². The summed E-state index contributed by atoms with van der Waals surface area (Å²) in [6.45, 7) is 30.0. The van der Waals surface area contributed by atoms with Gasteiger partial charge >= 0.3 is 0 Å². The molecule has 0 aliphatic rings. The third-order valence-electron chi connectivity index (χ3n) is 7.89. The van der Waals surface area contributed by atoms with E-state index < -0.39 is 0 Å². The van der Waals surface area contributed by atoms with Gasteiger partial charge in [0.1, 0.15) is 0 Å². The van der Waals surface area contributed by atoms with Crippen LogP contribution in [0.2, 0.25) is 0 Å². The Balaban J connectivity index is -0.000000569. The second kappa shape index (κ2) is 28.8. The molecule has 0 saturated carbocycles. The van der Waals surface area contributed by atoms with Crippen molar-refractivity contribution in [1.82, 2.24) is 0 Å². The van der Waals surface area contributed by atoms with Gasteiger partial charge in [0.25, 0.3) is 0 Å². The molecule has 0 rings (SSSR count). The maximum absolute atomic E-state index is 2.33. The molecular formula is C32H72N2S. The van der Waals surface area contributed by atoms with E-state index in [-0.39, 0.29) is 13.5 Å². The number of unbranched alkanes of at least 4 members (excludes halogenated alkanes) is 8. The monoisotopic (exact) mass is 517 g/mol. The molecule has 0 aromatic rings. The summed E-state index contributed by atoms with van der Waals surface area (Å²) in [5.74, 6) is 0. The van der Waals surface area contributed by atoms with Crippen molar-refractivity contribution in [3.05, 3.63) is 0 Å². The van der Waals surface area contributed by atoms with Crippen molar-refractivity contribution in [2.45, 2.75) is 158 Å². The Hall–Kier alpha value is 0.270. The van der Waals surface area contributed by atoms with Crippen molar-refractivity contribution in [3.8, 4) is 0 Å². The first-order chi connectivity index (χ1) is 16.5. The highest BCUT2D eigenvalue weighted by Gasteiger charge is 2.25. The van der Waals surface area contributed by atoms with Crippen LogP contribution in [0.15, 0.2) is 0 Å². The topological polar surface area (TPSA) is 0 Å². The van der Waals surface area contributed by atoms with Crippen LogP contribution in [0.1, 0.15) is 158 Å². The van der Waals surface area contributed by atoms with Gasteiger partial charge in [-0.3, -0.25) is 0 Å². The molecule has 0 fully saturated rings. The van der Waals surface area contributed by atoms with Gasteiger partial charge in [0, 0.05) is 0 Å². The summed E-state index contributed by atoms with van der Waals surface area (Å²) in [6.07, 6.45) is 22.1. The van der Waals surface area contributed by atoms with Gasteiger partial charge < -0.3 is 22.5 Å². The maximum Gasteiger partial charge on any atom is 0.0786 e. The Morgan fingerprint density at radius 3 is 0.457 bits per heavy atom. The minimum absolute atomic E-state index is 0. The van der Waals surface area contributed by atoms with Gasteiger partial charge in [-0.2, -0.15) is 0 Å². The summed E-state index contributed by atoms with van der Waals surface area (Å²) in [5, 5.41) is 0. The van der Waals surface area contributed by atoms with Crippen molar-refractivity contribution >= 4 is 13.5 Å². The summed E-state index contributed by atoms with van der Waals surface area (Å²) >= 11 is 0. The zero-order chi connectivity index (χ0) is 26.0. The lowest BCUT2D eigenvalue weighted by atomic mass is 10.1. The van der Waals surface area contributed by atoms with Crippen LogP contribution < -0.4 is 0 Å². The quantitative estimate of drug-likeness (QED) is 0.112. The molecule has 216 valence electrons. The van der Waals surface area contributed by atoms with Crippen molar-refractivity contribution in [3.63, 3.8) is 0 Å². The molecule has 0 unspecified atom stereocenters. The van der Waals surface area contributed by atoms with Gasteiger partial charge in [-0.25, -0.2) is 0 Å². The minimum atomic E-state index is 0. The van der Waals surface area contributed by atoms with Crippen LogP contribution >= 0.6 is 0 Å². The second-order valence-electron chi connectivity index (χ2n) is 11.3. The van der Waals surface area contributed by atoms with Crippen molar-refractivity contribution in [1.29, 1.82) is 0 Å². The van der Waals surface area contributed by atoms with E-state index in [1.54, 1.807) is 0 Å². The first kappa shape index (κ1) is 39.8. The molecule has 0 N–H and O–H groups in total. The smallest absolute Gasteiger partial charge is 0.0786 e. The van der Waals surface area contributed by atoms with Crippen LogP contribution in [0.3, 0.4) is 0 Å². The van der Waals surface area contributed by atoms with E-state index in [2.05, 4.69) is 55.4 Å². The van der Waals surface area contributed by atoms with E-state index in [4.69, 9.17) is 0 Å². The fraction of sp³-hybridized carbons (Fsp3) is 1.00. The lowest BCUT2D eigenvalue weighted by Gasteiger charge is -2.39. The first-order valence-corrected chi connectivity index (χ1v) is 16.2. The molecule has 0 bridgehead atoms. The predicted octanol–water partition coefficient (Wildman–Crippen LogP) is 10.0. The Labute approximate surface area is 232 Å². The second-order valence-corrected chi connectivity index (χ2v) is 11.3. The maximum atomic E-state index is 2.33. The number of hydrogen-bond acceptors (Lipinski definition) is 0. The predicted molar refractivity (Wildman–Crippen MR) is 166 cm³/mol. The Bertz CT molecular complexity index is 275.